The average molecular weight is 172 g/mol. The Kier molecular flexibility index (Phi) is 2.36. The van der Waals surface area contributed by atoms with E-state index in [2.05, 4.69) is 20.5 Å². The highest BCUT2D eigenvalue weighted by Crippen LogP contribution is 2.04. The van der Waals surface area contributed by atoms with E-state index in [9.17, 15) is 4.79 Å². The van der Waals surface area contributed by atoms with Gasteiger partial charge in [0, 0.05) is 6.92 Å². The van der Waals surface area contributed by atoms with Crippen molar-refractivity contribution in [2.24, 2.45) is 0 Å². The van der Waals surface area contributed by atoms with Crippen LogP contribution in [0, 0.1) is 0 Å². The molecule has 0 atom stereocenters. The van der Waals surface area contributed by atoms with Gasteiger partial charge in [0.1, 0.15) is 0 Å². The second kappa shape index (κ2) is 3.28. The number of carbonyl (C=O) groups excluding carboxylic acids is 1. The number of hydrogen-bond acceptors (Lipinski definition) is 5. The van der Waals surface area contributed by atoms with Crippen LogP contribution in [-0.4, -0.2) is 31.3 Å². The summed E-state index contributed by atoms with van der Waals surface area (Å²) in [6.07, 6.45) is -1.71. The number of aromatic amines is 1. The van der Waals surface area contributed by atoms with E-state index in [0.717, 1.165) is 0 Å². The molecule has 0 spiro atoms. The van der Waals surface area contributed by atoms with Gasteiger partial charge in [-0.1, -0.05) is 0 Å². The first-order chi connectivity index (χ1) is 5.59. The second-order valence-electron chi connectivity index (χ2n) is 2.10. The third-order valence-electron chi connectivity index (χ3n) is 1.04. The number of anilines is 1. The summed E-state index contributed by atoms with van der Waals surface area (Å²) in [6, 6.07) is 0. The van der Waals surface area contributed by atoms with E-state index >= 15 is 0 Å². The van der Waals surface area contributed by atoms with Gasteiger partial charge in [0.2, 0.25) is 18.1 Å². The average Bonchev–Trinajstić information content (AvgIpc) is 2.34. The number of rotatable bonds is 2. The Labute approximate surface area is 67.4 Å². The Morgan fingerprint density at radius 2 is 2.33 bits per heavy atom. The molecule has 0 bridgehead atoms. The number of aliphatic hydroxyl groups is 2. The molecule has 0 unspecified atom stereocenters. The van der Waals surface area contributed by atoms with Gasteiger partial charge >= 0.3 is 0 Å². The number of H-pyrrole nitrogens is 1. The number of carbonyl (C=O) groups is 1. The van der Waals surface area contributed by atoms with Crippen LogP contribution in [0.5, 0.6) is 0 Å². The molecule has 12 heavy (non-hydrogen) atoms. The number of hydrogen-bond donors (Lipinski definition) is 4. The molecule has 7 heteroatoms. The Bertz CT molecular complexity index is 282. The number of nitrogens with zero attached hydrogens (tertiary/aromatic N) is 2. The van der Waals surface area contributed by atoms with E-state index in [1.807, 2.05) is 0 Å². The molecule has 1 amide bonds. The zero-order valence-electron chi connectivity index (χ0n) is 6.27. The Morgan fingerprint density at radius 1 is 1.67 bits per heavy atom. The molecule has 0 saturated heterocycles. The van der Waals surface area contributed by atoms with E-state index in [0.29, 0.717) is 0 Å². The minimum Gasteiger partial charge on any atom is -0.362 e. The van der Waals surface area contributed by atoms with Crippen molar-refractivity contribution in [2.75, 3.05) is 5.32 Å². The lowest BCUT2D eigenvalue weighted by Gasteiger charge is -1.94. The second-order valence-corrected chi connectivity index (χ2v) is 2.10. The van der Waals surface area contributed by atoms with Crippen LogP contribution in [-0.2, 0) is 4.79 Å². The predicted octanol–water partition coefficient (Wildman–Crippen LogP) is -1.25. The van der Waals surface area contributed by atoms with Gasteiger partial charge in [0.05, 0.1) is 0 Å². The molecule has 0 saturated carbocycles. The zero-order valence-corrected chi connectivity index (χ0v) is 6.27. The van der Waals surface area contributed by atoms with E-state index in [1.54, 1.807) is 0 Å². The van der Waals surface area contributed by atoms with Crippen LogP contribution >= 0.6 is 0 Å². The van der Waals surface area contributed by atoms with Gasteiger partial charge in [0.25, 0.3) is 0 Å². The lowest BCUT2D eigenvalue weighted by Crippen LogP contribution is -2.07. The summed E-state index contributed by atoms with van der Waals surface area (Å²) in [7, 11) is 0. The van der Waals surface area contributed by atoms with Crippen LogP contribution in [0.3, 0.4) is 0 Å². The van der Waals surface area contributed by atoms with Gasteiger partial charge in [-0.15, -0.1) is 5.10 Å². The topological polar surface area (TPSA) is 111 Å². The molecule has 0 aliphatic carbocycles. The molecular weight excluding hydrogens is 164 g/mol. The molecule has 0 aliphatic heterocycles. The highest BCUT2D eigenvalue weighted by molar-refractivity contribution is 5.86. The molecule has 7 nitrogen and oxygen atoms in total. The summed E-state index contributed by atoms with van der Waals surface area (Å²) in [5, 5.41) is 25.2. The lowest BCUT2D eigenvalue weighted by atomic mass is 10.6. The largest absolute Gasteiger partial charge is 0.362 e. The number of amides is 1. The van der Waals surface area contributed by atoms with E-state index in [4.69, 9.17) is 10.2 Å². The molecule has 0 aliphatic rings. The maximum Gasteiger partial charge on any atom is 0.248 e. The van der Waals surface area contributed by atoms with Crippen molar-refractivity contribution in [1.82, 2.24) is 15.2 Å². The maximum atomic E-state index is 10.5. The van der Waals surface area contributed by atoms with E-state index in [-0.39, 0.29) is 17.7 Å². The smallest absolute Gasteiger partial charge is 0.248 e. The highest BCUT2D eigenvalue weighted by atomic mass is 16.5. The summed E-state index contributed by atoms with van der Waals surface area (Å²) < 4.78 is 0. The van der Waals surface area contributed by atoms with Crippen molar-refractivity contribution < 1.29 is 15.0 Å². The molecule has 1 aromatic heterocycles. The first-order valence-electron chi connectivity index (χ1n) is 3.15. The fraction of sp³-hybridized carbons (Fsp3) is 0.400. The van der Waals surface area contributed by atoms with Gasteiger partial charge in [-0.05, 0) is 0 Å². The van der Waals surface area contributed by atoms with Gasteiger partial charge < -0.3 is 10.2 Å². The van der Waals surface area contributed by atoms with Gasteiger partial charge in [0.15, 0.2) is 5.82 Å². The van der Waals surface area contributed by atoms with E-state index in [1.165, 1.54) is 6.92 Å². The van der Waals surface area contributed by atoms with Crippen LogP contribution < -0.4 is 5.32 Å². The minimum absolute atomic E-state index is 0.0191. The molecule has 0 fully saturated rings. The zero-order chi connectivity index (χ0) is 9.14. The quantitative estimate of drug-likeness (QED) is 0.416. The monoisotopic (exact) mass is 172 g/mol. The number of aliphatic hydroxyl groups excluding tert-OH is 1. The third kappa shape index (κ3) is 2.01. The van der Waals surface area contributed by atoms with Crippen LogP contribution in [0.25, 0.3) is 0 Å². The van der Waals surface area contributed by atoms with Crippen LogP contribution in [0.15, 0.2) is 0 Å². The number of nitrogens with one attached hydrogen (secondary N) is 2. The molecule has 1 rings (SSSR count). The summed E-state index contributed by atoms with van der Waals surface area (Å²) in [5.74, 6) is -0.419. The van der Waals surface area contributed by atoms with Crippen LogP contribution in [0.4, 0.5) is 5.95 Å². The standard InChI is InChI=1S/C5H8N4O3/c1-2(10)6-5-7-3(4(11)12)8-9-5/h4,11-12H,1H3,(H2,6,7,8,9,10). The summed E-state index contributed by atoms with van der Waals surface area (Å²) in [6.45, 7) is 1.30. The first-order valence-corrected chi connectivity index (χ1v) is 3.15. The van der Waals surface area contributed by atoms with Crippen LogP contribution in [0.1, 0.15) is 19.0 Å². The third-order valence-corrected chi connectivity index (χ3v) is 1.04. The molecule has 0 radical (unpaired) electrons. The Hall–Kier alpha value is -1.47. The van der Waals surface area contributed by atoms with Gasteiger partial charge in [-0.25, -0.2) is 0 Å². The fourth-order valence-corrected chi connectivity index (χ4v) is 0.603. The van der Waals surface area contributed by atoms with E-state index < -0.39 is 6.29 Å². The number of aromatic nitrogens is 3. The Morgan fingerprint density at radius 3 is 2.75 bits per heavy atom. The summed E-state index contributed by atoms with van der Waals surface area (Å²) in [4.78, 5) is 14.0. The van der Waals surface area contributed by atoms with Crippen LogP contribution in [0.2, 0.25) is 0 Å². The molecular formula is C5H8N4O3. The molecule has 0 aromatic carbocycles. The predicted molar refractivity (Wildman–Crippen MR) is 37.9 cm³/mol. The van der Waals surface area contributed by atoms with Crippen molar-refractivity contribution in [3.05, 3.63) is 5.82 Å². The van der Waals surface area contributed by atoms with Crippen molar-refractivity contribution in [3.63, 3.8) is 0 Å². The van der Waals surface area contributed by atoms with Crippen molar-refractivity contribution >= 4 is 11.9 Å². The Balaban J connectivity index is 2.70. The molecule has 1 aromatic rings. The highest BCUT2D eigenvalue weighted by Gasteiger charge is 2.09. The first kappa shape index (κ1) is 8.62. The normalized spacial score (nSPS) is 10.3. The minimum atomic E-state index is -1.71. The maximum absolute atomic E-state index is 10.5. The SMILES string of the molecule is CC(=O)Nc1n[nH]c(C(O)O)n1. The van der Waals surface area contributed by atoms with Crippen molar-refractivity contribution in [2.45, 2.75) is 13.2 Å². The van der Waals surface area contributed by atoms with Crippen molar-refractivity contribution in [1.29, 1.82) is 0 Å². The lowest BCUT2D eigenvalue weighted by molar-refractivity contribution is -0.114. The molecule has 1 heterocycles. The van der Waals surface area contributed by atoms with Crippen molar-refractivity contribution in [3.8, 4) is 0 Å². The summed E-state index contributed by atoms with van der Waals surface area (Å²) in [5.41, 5.74) is 0. The van der Waals surface area contributed by atoms with Gasteiger partial charge in [-0.3, -0.25) is 15.2 Å². The molecule has 66 valence electrons. The molecule has 4 N–H and O–H groups in total. The summed E-state index contributed by atoms with van der Waals surface area (Å²) >= 11 is 0. The fourth-order valence-electron chi connectivity index (χ4n) is 0.603. The van der Waals surface area contributed by atoms with Gasteiger partial charge in [-0.2, -0.15) is 4.98 Å².